The summed E-state index contributed by atoms with van der Waals surface area (Å²) in [7, 11) is -6.36. The molecular formula is C48H53N11O8S3. The minimum atomic E-state index is -4.71. The van der Waals surface area contributed by atoms with Gasteiger partial charge in [0.15, 0.2) is 5.16 Å². The number of azo groups is 2. The van der Waals surface area contributed by atoms with Crippen molar-refractivity contribution in [3.63, 3.8) is 0 Å². The third-order valence-electron chi connectivity index (χ3n) is 11.1. The Bertz CT molecular complexity index is 3120. The van der Waals surface area contributed by atoms with Gasteiger partial charge in [0, 0.05) is 54.8 Å². The van der Waals surface area contributed by atoms with Crippen molar-refractivity contribution >= 4 is 111 Å². The molecule has 7 aromatic rings. The minimum Gasteiger partial charge on any atom is -0.494 e. The molecular weight excluding hydrogens is 955 g/mol. The van der Waals surface area contributed by atoms with Gasteiger partial charge in [-0.3, -0.25) is 9.11 Å². The van der Waals surface area contributed by atoms with Gasteiger partial charge in [-0.1, -0.05) is 79.3 Å². The van der Waals surface area contributed by atoms with Crippen molar-refractivity contribution in [3.05, 3.63) is 97.1 Å². The van der Waals surface area contributed by atoms with Crippen LogP contribution in [0.1, 0.15) is 41.0 Å². The molecule has 0 saturated heterocycles. The van der Waals surface area contributed by atoms with E-state index in [2.05, 4.69) is 40.9 Å². The number of thioether (sulfide) groups is 1. The fourth-order valence-corrected chi connectivity index (χ4v) is 9.66. The molecule has 0 unspecified atom stereocenters. The SMILES string of the molecule is CCCSc1nc(Nc2cc(N(CC)CC)c(OC)cc2/N=N/c2c(S(=O)(=O)O)ccc3ccccc23)nc(Nc2cc(N(CC)CC)c(OC)cc2/N=N/c2c(S(=O)(=O)O)ccc3ccccc23)n1. The first-order valence-corrected chi connectivity index (χ1v) is 26.2. The summed E-state index contributed by atoms with van der Waals surface area (Å²) in [6.07, 6.45) is 0.813. The molecule has 1 heterocycles. The van der Waals surface area contributed by atoms with Gasteiger partial charge in [0.05, 0.1) is 37.0 Å². The highest BCUT2D eigenvalue weighted by Gasteiger charge is 2.23. The number of ether oxygens (including phenoxy) is 2. The van der Waals surface area contributed by atoms with Crippen molar-refractivity contribution in [2.75, 3.05) is 66.6 Å². The first kappa shape index (κ1) is 50.9. The topological polar surface area (TPSA) is 246 Å². The molecule has 70 heavy (non-hydrogen) atoms. The lowest BCUT2D eigenvalue weighted by Gasteiger charge is -2.25. The summed E-state index contributed by atoms with van der Waals surface area (Å²) < 4.78 is 82.8. The zero-order valence-corrected chi connectivity index (χ0v) is 42.0. The number of rotatable bonds is 21. The Morgan fingerprint density at radius 2 is 0.986 bits per heavy atom. The number of aromatic nitrogens is 3. The van der Waals surface area contributed by atoms with E-state index >= 15 is 0 Å². The standard InChI is InChI=1S/C48H53N11O8S3/c1-8-25-68-48-52-46(49-34-26-38(58(9-2)10-3)40(66-6)28-36(34)54-56-44-32-19-15-13-17-30(32)21-23-42(44)69(60,61)62)51-47(53-48)50-35-27-39(59(11-4)12-5)41(67-7)29-37(35)55-57-45-33-20-16-14-18-31(33)22-24-43(45)70(63,64)65/h13-24,26-29H,8-12,25H2,1-7H3,(H,60,61,62)(H,63,64,65)(H2,49,50,51,52,53)/b56-54+,57-55+. The van der Waals surface area contributed by atoms with Crippen molar-refractivity contribution in [2.45, 2.75) is 56.0 Å². The predicted octanol–water partition coefficient (Wildman–Crippen LogP) is 12.2. The highest BCUT2D eigenvalue weighted by Crippen LogP contribution is 2.44. The maximum absolute atomic E-state index is 12.6. The van der Waals surface area contributed by atoms with Crippen LogP contribution < -0.4 is 29.9 Å². The second-order valence-corrected chi connectivity index (χ2v) is 19.2. The fraction of sp³-hybridized carbons (Fsp3) is 0.271. The Morgan fingerprint density at radius 1 is 0.571 bits per heavy atom. The first-order valence-electron chi connectivity index (χ1n) is 22.3. The van der Waals surface area contributed by atoms with Crippen LogP contribution in [0.4, 0.5) is 57.4 Å². The average Bonchev–Trinajstić information content (AvgIpc) is 3.34. The first-order chi connectivity index (χ1) is 33.6. The Hall–Kier alpha value is -6.98. The van der Waals surface area contributed by atoms with Gasteiger partial charge < -0.3 is 29.9 Å². The van der Waals surface area contributed by atoms with E-state index in [1.54, 1.807) is 72.8 Å². The Balaban J connectivity index is 1.39. The van der Waals surface area contributed by atoms with Gasteiger partial charge in [-0.05, 0) is 69.2 Å². The molecule has 0 aliphatic heterocycles. The molecule has 6 aromatic carbocycles. The van der Waals surface area contributed by atoms with Gasteiger partial charge in [0.25, 0.3) is 20.2 Å². The van der Waals surface area contributed by atoms with Gasteiger partial charge in [-0.2, -0.15) is 31.8 Å². The molecule has 0 saturated carbocycles. The molecule has 0 fully saturated rings. The van der Waals surface area contributed by atoms with E-state index in [1.807, 2.05) is 46.8 Å². The Morgan fingerprint density at radius 3 is 1.36 bits per heavy atom. The largest absolute Gasteiger partial charge is 0.494 e. The second-order valence-electron chi connectivity index (χ2n) is 15.4. The molecule has 22 heteroatoms. The highest BCUT2D eigenvalue weighted by molar-refractivity contribution is 7.99. The molecule has 0 aliphatic carbocycles. The van der Waals surface area contributed by atoms with Gasteiger partial charge in [0.2, 0.25) is 11.9 Å². The maximum Gasteiger partial charge on any atom is 0.296 e. The molecule has 1 aromatic heterocycles. The quantitative estimate of drug-likeness (QED) is 0.0297. The van der Waals surface area contributed by atoms with E-state index < -0.39 is 30.0 Å². The number of methoxy groups -OCH3 is 2. The van der Waals surface area contributed by atoms with Crippen LogP contribution >= 0.6 is 11.8 Å². The third-order valence-corrected chi connectivity index (χ3v) is 14.0. The van der Waals surface area contributed by atoms with Gasteiger partial charge in [0.1, 0.15) is 44.0 Å². The zero-order chi connectivity index (χ0) is 50.2. The fourth-order valence-electron chi connectivity index (χ4n) is 7.70. The summed E-state index contributed by atoms with van der Waals surface area (Å²) in [6.45, 7) is 12.6. The monoisotopic (exact) mass is 1010 g/mol. The van der Waals surface area contributed by atoms with Crippen LogP contribution in [0.2, 0.25) is 0 Å². The van der Waals surface area contributed by atoms with Crippen LogP contribution in [0.15, 0.2) is 132 Å². The number of hydrogen-bond donors (Lipinski definition) is 4. The van der Waals surface area contributed by atoms with Crippen molar-refractivity contribution in [3.8, 4) is 11.5 Å². The summed E-state index contributed by atoms with van der Waals surface area (Å²) in [5.74, 6) is 1.80. The van der Waals surface area contributed by atoms with Gasteiger partial charge in [-0.15, -0.1) is 20.5 Å². The predicted molar refractivity (Wildman–Crippen MR) is 276 cm³/mol. The molecule has 0 amide bonds. The summed E-state index contributed by atoms with van der Waals surface area (Å²) in [6, 6.07) is 26.7. The molecule has 7 rings (SSSR count). The normalized spacial score (nSPS) is 12.0. The number of benzene rings is 6. The number of anilines is 6. The lowest BCUT2D eigenvalue weighted by molar-refractivity contribution is 0.414. The number of nitrogens with zero attached hydrogens (tertiary/aromatic N) is 9. The van der Waals surface area contributed by atoms with E-state index in [1.165, 1.54) is 38.1 Å². The lowest BCUT2D eigenvalue weighted by Crippen LogP contribution is -2.22. The van der Waals surface area contributed by atoms with Crippen LogP contribution in [0.5, 0.6) is 11.5 Å². The molecule has 0 radical (unpaired) electrons. The van der Waals surface area contributed by atoms with Crippen molar-refractivity contribution < 1.29 is 35.4 Å². The molecule has 0 atom stereocenters. The smallest absolute Gasteiger partial charge is 0.296 e. The molecule has 0 bridgehead atoms. The van der Waals surface area contributed by atoms with Crippen LogP contribution in [0.3, 0.4) is 0 Å². The average molecular weight is 1010 g/mol. The molecule has 0 spiro atoms. The van der Waals surface area contributed by atoms with Gasteiger partial charge >= 0.3 is 0 Å². The van der Waals surface area contributed by atoms with E-state index in [-0.39, 0.29) is 34.6 Å². The van der Waals surface area contributed by atoms with Gasteiger partial charge in [-0.25, -0.2) is 0 Å². The van der Waals surface area contributed by atoms with Crippen molar-refractivity contribution in [2.24, 2.45) is 20.5 Å². The van der Waals surface area contributed by atoms with Crippen molar-refractivity contribution in [1.29, 1.82) is 0 Å². The Labute approximate surface area is 411 Å². The summed E-state index contributed by atoms with van der Waals surface area (Å²) >= 11 is 1.40. The van der Waals surface area contributed by atoms with Crippen LogP contribution in [0.25, 0.3) is 21.5 Å². The van der Waals surface area contributed by atoms with Crippen molar-refractivity contribution in [1.82, 2.24) is 15.0 Å². The van der Waals surface area contributed by atoms with E-state index in [4.69, 9.17) is 24.4 Å². The molecule has 19 nitrogen and oxygen atoms in total. The van der Waals surface area contributed by atoms with Crippen LogP contribution in [0, 0.1) is 0 Å². The number of fused-ring (bicyclic) bond motifs is 2. The molecule has 366 valence electrons. The highest BCUT2D eigenvalue weighted by atomic mass is 32.2. The van der Waals surface area contributed by atoms with Crippen LogP contribution in [-0.4, -0.2) is 87.0 Å². The summed E-state index contributed by atoms with van der Waals surface area (Å²) in [4.78, 5) is 17.7. The van der Waals surface area contributed by atoms with E-state index in [0.717, 1.165) is 6.42 Å². The van der Waals surface area contributed by atoms with E-state index in [9.17, 15) is 25.9 Å². The number of nitrogens with one attached hydrogen (secondary N) is 2. The second kappa shape index (κ2) is 22.2. The summed E-state index contributed by atoms with van der Waals surface area (Å²) in [5.41, 5.74) is 2.49. The van der Waals surface area contributed by atoms with Crippen LogP contribution in [-0.2, 0) is 20.2 Å². The Kier molecular flexibility index (Phi) is 16.1. The third kappa shape index (κ3) is 11.4. The number of hydrogen-bond acceptors (Lipinski definition) is 18. The molecule has 4 N–H and O–H groups in total. The van der Waals surface area contributed by atoms with E-state index in [0.29, 0.717) is 92.9 Å². The summed E-state index contributed by atoms with van der Waals surface area (Å²) in [5, 5.41) is 27.3. The zero-order valence-electron chi connectivity index (χ0n) is 39.6. The minimum absolute atomic E-state index is 0.0607. The molecule has 0 aliphatic rings. The maximum atomic E-state index is 12.6. The lowest BCUT2D eigenvalue weighted by atomic mass is 10.1.